The van der Waals surface area contributed by atoms with E-state index >= 15 is 0 Å². The van der Waals surface area contributed by atoms with Crippen molar-refractivity contribution in [2.45, 2.75) is 52.4 Å². The summed E-state index contributed by atoms with van der Waals surface area (Å²) < 4.78 is 12.1. The Morgan fingerprint density at radius 2 is 0.655 bits per heavy atom. The maximum Gasteiger partial charge on any atom is 0.163 e. The lowest BCUT2D eigenvalue weighted by Gasteiger charge is -2.23. The number of fused-ring (bicyclic) bond motifs is 19. The zero-order chi connectivity index (χ0) is 58.6. The summed E-state index contributed by atoms with van der Waals surface area (Å²) >= 11 is 0. The first-order valence-electron chi connectivity index (χ1n) is 29.9. The zero-order valence-electron chi connectivity index (χ0n) is 49.0. The molecule has 0 spiro atoms. The highest BCUT2D eigenvalue weighted by Gasteiger charge is 2.33. The second-order valence-electron chi connectivity index (χ2n) is 25.1. The van der Waals surface area contributed by atoms with Gasteiger partial charge in [-0.15, -0.1) is 0 Å². The number of aromatic nitrogens is 8. The third kappa shape index (κ3) is 7.22. The molecule has 0 atom stereocenters. The molecule has 17 rings (SSSR count). The van der Waals surface area contributed by atoms with Crippen LogP contribution in [0.5, 0.6) is 0 Å². The molecule has 9 nitrogen and oxygen atoms in total. The van der Waals surface area contributed by atoms with Gasteiger partial charge in [-0.05, 0) is 84.9 Å². The molecule has 0 aliphatic heterocycles. The van der Waals surface area contributed by atoms with Gasteiger partial charge in [0.2, 0.25) is 0 Å². The summed E-state index contributed by atoms with van der Waals surface area (Å²) in [6, 6.07) is 87.8. The minimum absolute atomic E-state index is 0.417. The maximum atomic E-state index is 12.6. The topological polar surface area (TPSA) is 87.1 Å². The van der Waals surface area contributed by atoms with E-state index in [-0.39, 0.29) is 0 Å². The predicted molar refractivity (Wildman–Crippen MR) is 359 cm³/mol. The van der Waals surface area contributed by atoms with Gasteiger partial charge in [0.1, 0.15) is 23.3 Å². The highest BCUT2D eigenvalue weighted by molar-refractivity contribution is 6.40. The summed E-state index contributed by atoms with van der Waals surface area (Å²) in [5.74, 6) is 1.93. The highest BCUT2D eigenvalue weighted by atomic mass is 15.1. The fraction of sp³-hybridized carbons (Fsp3) is 0.103. The summed E-state index contributed by atoms with van der Waals surface area (Å²) in [4.78, 5) is 16.1. The Hall–Kier alpha value is -11.1. The normalized spacial score (nSPS) is 12.5. The van der Waals surface area contributed by atoms with E-state index in [0.717, 1.165) is 126 Å². The number of para-hydroxylation sites is 8. The molecule has 0 saturated carbocycles. The molecule has 414 valence electrons. The molecule has 0 N–H and O–H groups in total. The van der Waals surface area contributed by atoms with Crippen molar-refractivity contribution in [2.24, 2.45) is 0 Å². The van der Waals surface area contributed by atoms with Gasteiger partial charge in [-0.1, -0.05) is 193 Å². The van der Waals surface area contributed by atoms with Gasteiger partial charge in [-0.25, -0.2) is 15.0 Å². The van der Waals surface area contributed by atoms with Crippen LogP contribution < -0.4 is 0 Å². The third-order valence-electron chi connectivity index (χ3n) is 17.8. The molecule has 17 aromatic rings. The molecule has 0 fully saturated rings. The molecule has 0 bridgehead atoms. The quantitative estimate of drug-likeness (QED) is 0.166. The number of benzene rings is 11. The zero-order valence-corrected chi connectivity index (χ0v) is 49.0. The van der Waals surface area contributed by atoms with Gasteiger partial charge in [0.25, 0.3) is 0 Å². The van der Waals surface area contributed by atoms with E-state index < -0.39 is 10.8 Å². The van der Waals surface area contributed by atoms with Crippen LogP contribution in [0.25, 0.3) is 149 Å². The smallest absolute Gasteiger partial charge is 0.163 e. The molecule has 6 heterocycles. The molecule has 87 heavy (non-hydrogen) atoms. The fourth-order valence-electron chi connectivity index (χ4n) is 14.1. The van der Waals surface area contributed by atoms with Crippen molar-refractivity contribution >= 4 is 109 Å². The molecule has 0 radical (unpaired) electrons. The van der Waals surface area contributed by atoms with Crippen LogP contribution in [0.15, 0.2) is 237 Å². The molecular weight excluding hydrogens is 1060 g/mol. The molecule has 0 amide bonds. The van der Waals surface area contributed by atoms with Gasteiger partial charge < -0.3 is 22.8 Å². The predicted octanol–water partition coefficient (Wildman–Crippen LogP) is 19.5. The number of nitrogens with zero attached hydrogens (tertiary/aromatic N) is 9. The van der Waals surface area contributed by atoms with E-state index in [4.69, 9.17) is 15.0 Å². The van der Waals surface area contributed by atoms with Gasteiger partial charge in [0.05, 0.1) is 66.5 Å². The Labute approximate surface area is 501 Å². The Morgan fingerprint density at radius 3 is 1.09 bits per heavy atom. The van der Waals surface area contributed by atoms with Crippen LogP contribution in [0.3, 0.4) is 0 Å². The summed E-state index contributed by atoms with van der Waals surface area (Å²) in [7, 11) is 0. The summed E-state index contributed by atoms with van der Waals surface area (Å²) in [5.41, 5.74) is 15.5. The Bertz CT molecular complexity index is 5670. The second kappa shape index (κ2) is 18.5. The molecule has 0 saturated heterocycles. The largest absolute Gasteiger partial charge is 0.309 e. The first-order chi connectivity index (χ1) is 42.5. The van der Waals surface area contributed by atoms with E-state index in [1.807, 2.05) is 0 Å². The van der Waals surface area contributed by atoms with Gasteiger partial charge in [-0.3, -0.25) is 0 Å². The molecule has 0 unspecified atom stereocenters. The minimum atomic E-state index is -0.417. The third-order valence-corrected chi connectivity index (χ3v) is 17.8. The Balaban J connectivity index is 1.11. The van der Waals surface area contributed by atoms with Gasteiger partial charge in [0.15, 0.2) is 5.82 Å². The average molecular weight is 1120 g/mol. The van der Waals surface area contributed by atoms with Crippen LogP contribution >= 0.6 is 0 Å². The molecule has 0 aliphatic carbocycles. The van der Waals surface area contributed by atoms with E-state index in [1.165, 1.54) is 5.39 Å². The van der Waals surface area contributed by atoms with Crippen molar-refractivity contribution in [3.05, 3.63) is 254 Å². The van der Waals surface area contributed by atoms with Crippen LogP contribution in [0.4, 0.5) is 0 Å². The van der Waals surface area contributed by atoms with Crippen molar-refractivity contribution in [3.63, 3.8) is 0 Å². The molecular formula is C78H57N9. The van der Waals surface area contributed by atoms with E-state index in [2.05, 4.69) is 307 Å². The Morgan fingerprint density at radius 1 is 0.310 bits per heavy atom. The van der Waals surface area contributed by atoms with Crippen LogP contribution in [0.1, 0.15) is 58.8 Å². The SMILES string of the molecule is CC(C)(C)c1nc(-c2cc(-n3c4ccccc4c4c3ccc3c5ccccc5n(-c5ccccc5)c34)c(C#N)c(-n3c4ccccc4c4c5c(c6ccccc6n5-c5ccccc5)c5c(c6ccccc6n5-c5ccccc5)c43)c2)nc(C(C)(C)C)n1. The van der Waals surface area contributed by atoms with Crippen LogP contribution in [-0.4, -0.2) is 37.8 Å². The first-order valence-corrected chi connectivity index (χ1v) is 29.9. The summed E-state index contributed by atoms with van der Waals surface area (Å²) in [6.07, 6.45) is 0. The lowest BCUT2D eigenvalue weighted by Crippen LogP contribution is -2.24. The van der Waals surface area contributed by atoms with E-state index in [0.29, 0.717) is 34.4 Å². The number of rotatable bonds is 6. The average Bonchev–Trinajstić information content (AvgIpc) is 1.52. The molecule has 11 aromatic carbocycles. The molecule has 9 heteroatoms. The molecule has 6 aromatic heterocycles. The lowest BCUT2D eigenvalue weighted by molar-refractivity contribution is 0.497. The monoisotopic (exact) mass is 1120 g/mol. The maximum absolute atomic E-state index is 12.6. The Kier molecular flexibility index (Phi) is 10.7. The van der Waals surface area contributed by atoms with Gasteiger partial charge in [-0.2, -0.15) is 5.26 Å². The van der Waals surface area contributed by atoms with Crippen molar-refractivity contribution in [1.82, 2.24) is 37.8 Å². The minimum Gasteiger partial charge on any atom is -0.309 e. The lowest BCUT2D eigenvalue weighted by atomic mass is 9.93. The first kappa shape index (κ1) is 50.4. The number of hydrogen-bond acceptors (Lipinski definition) is 4. The summed E-state index contributed by atoms with van der Waals surface area (Å²) in [6.45, 7) is 13.0. The van der Waals surface area contributed by atoms with Gasteiger partial charge >= 0.3 is 0 Å². The van der Waals surface area contributed by atoms with Crippen molar-refractivity contribution in [3.8, 4) is 45.9 Å². The van der Waals surface area contributed by atoms with Crippen LogP contribution in [-0.2, 0) is 10.8 Å². The van der Waals surface area contributed by atoms with Crippen LogP contribution in [0.2, 0.25) is 0 Å². The van der Waals surface area contributed by atoms with Crippen molar-refractivity contribution in [2.75, 3.05) is 0 Å². The standard InChI is InChI=1S/C78H57N9/c1-77(2,3)75-80-74(81-76(82-75)78(4,5)6)47-44-64(86-61-40-24-17-33-53(61)66-63(86)43-42-52-51-32-16-21-37-58(51)83(70(52)66)48-26-10-7-11-27-48)57(46-79)65(45-47)87-62-41-25-20-36-56(62)69-72-67(54-34-18-22-38-59(54)84(72)49-28-12-8-13-29-49)71-68(73(69)87)55-35-19-23-39-60(55)85(71)50-30-14-9-15-31-50/h7-45H,1-6H3. The number of nitriles is 1. The summed E-state index contributed by atoms with van der Waals surface area (Å²) in [5, 5.41) is 23.7. The highest BCUT2D eigenvalue weighted by Crippen LogP contribution is 2.52. The molecule has 0 aliphatic rings. The van der Waals surface area contributed by atoms with E-state index in [1.54, 1.807) is 0 Å². The van der Waals surface area contributed by atoms with Crippen molar-refractivity contribution in [1.29, 1.82) is 5.26 Å². The number of hydrogen-bond donors (Lipinski definition) is 0. The fourth-order valence-corrected chi connectivity index (χ4v) is 14.1. The van der Waals surface area contributed by atoms with E-state index in [9.17, 15) is 5.26 Å². The van der Waals surface area contributed by atoms with Crippen molar-refractivity contribution < 1.29 is 0 Å². The van der Waals surface area contributed by atoms with Gasteiger partial charge in [0, 0.05) is 87.3 Å². The van der Waals surface area contributed by atoms with Crippen LogP contribution in [0, 0.1) is 11.3 Å². The second-order valence-corrected chi connectivity index (χ2v) is 25.1.